The van der Waals surface area contributed by atoms with Gasteiger partial charge in [-0.2, -0.15) is 0 Å². The van der Waals surface area contributed by atoms with Crippen LogP contribution in [0.4, 0.5) is 0 Å². The average molecular weight is 443 g/mol. The number of methoxy groups -OCH3 is 2. The van der Waals surface area contributed by atoms with Crippen LogP contribution < -0.4 is 4.74 Å². The quantitative estimate of drug-likeness (QED) is 0.325. The Hall–Kier alpha value is -3.93. The van der Waals surface area contributed by atoms with E-state index in [2.05, 4.69) is 0 Å². The molecule has 0 saturated heterocycles. The molecule has 1 aliphatic rings. The Morgan fingerprint density at radius 1 is 0.818 bits per heavy atom. The SMILES string of the molecule is COC(=O)C(N=C(c1ccccc1)c1ccccc1)(C(=O)OC)[C@H]1CCOc2ccccc21. The second-order valence-corrected chi connectivity index (χ2v) is 7.67. The van der Waals surface area contributed by atoms with Gasteiger partial charge in [-0.25, -0.2) is 9.59 Å². The van der Waals surface area contributed by atoms with Gasteiger partial charge in [-0.1, -0.05) is 78.9 Å². The third-order valence-electron chi connectivity index (χ3n) is 5.84. The molecule has 6 nitrogen and oxygen atoms in total. The number of carbonyl (C=O) groups excluding carboxylic acids is 2. The number of benzene rings is 3. The lowest BCUT2D eigenvalue weighted by Crippen LogP contribution is -2.53. The van der Waals surface area contributed by atoms with E-state index >= 15 is 0 Å². The highest BCUT2D eigenvalue weighted by molar-refractivity contribution is 6.17. The van der Waals surface area contributed by atoms with E-state index in [0.29, 0.717) is 30.1 Å². The molecule has 1 aliphatic heterocycles. The topological polar surface area (TPSA) is 74.2 Å². The van der Waals surface area contributed by atoms with Crippen molar-refractivity contribution in [2.24, 2.45) is 4.99 Å². The highest BCUT2D eigenvalue weighted by Gasteiger charge is 2.57. The molecule has 6 heteroatoms. The molecule has 0 aromatic heterocycles. The van der Waals surface area contributed by atoms with Crippen LogP contribution in [0.25, 0.3) is 0 Å². The van der Waals surface area contributed by atoms with Crippen molar-refractivity contribution in [1.82, 2.24) is 0 Å². The summed E-state index contributed by atoms with van der Waals surface area (Å²) in [5.74, 6) is -1.58. The maximum Gasteiger partial charge on any atom is 0.346 e. The van der Waals surface area contributed by atoms with Crippen LogP contribution in [0.3, 0.4) is 0 Å². The van der Waals surface area contributed by atoms with E-state index in [0.717, 1.165) is 11.1 Å². The van der Waals surface area contributed by atoms with Crippen molar-refractivity contribution < 1.29 is 23.8 Å². The Bertz CT molecular complexity index is 1100. The van der Waals surface area contributed by atoms with Crippen molar-refractivity contribution in [2.45, 2.75) is 17.9 Å². The van der Waals surface area contributed by atoms with Gasteiger partial charge in [-0.3, -0.25) is 4.99 Å². The number of esters is 2. The van der Waals surface area contributed by atoms with Crippen molar-refractivity contribution in [2.75, 3.05) is 20.8 Å². The van der Waals surface area contributed by atoms with Crippen LogP contribution in [0.5, 0.6) is 5.75 Å². The first-order valence-corrected chi connectivity index (χ1v) is 10.7. The van der Waals surface area contributed by atoms with E-state index in [1.54, 1.807) is 0 Å². The molecule has 0 amide bonds. The van der Waals surface area contributed by atoms with Crippen LogP contribution in [0, 0.1) is 0 Å². The van der Waals surface area contributed by atoms with Gasteiger partial charge in [0.25, 0.3) is 5.54 Å². The van der Waals surface area contributed by atoms with Crippen molar-refractivity contribution in [3.63, 3.8) is 0 Å². The van der Waals surface area contributed by atoms with E-state index in [-0.39, 0.29) is 0 Å². The maximum atomic E-state index is 13.5. The molecule has 4 rings (SSSR count). The molecule has 168 valence electrons. The predicted molar refractivity (Wildman–Crippen MR) is 125 cm³/mol. The number of para-hydroxylation sites is 1. The van der Waals surface area contributed by atoms with Crippen LogP contribution >= 0.6 is 0 Å². The van der Waals surface area contributed by atoms with Gasteiger partial charge in [0.2, 0.25) is 0 Å². The van der Waals surface area contributed by atoms with Crippen LogP contribution in [0.1, 0.15) is 29.0 Å². The molecule has 0 radical (unpaired) electrons. The standard InChI is InChI=1S/C27H25NO5/c1-31-25(29)27(26(30)32-2,22-17-18-33-23-16-10-9-15-21(22)23)28-24(19-11-5-3-6-12-19)20-13-7-4-8-14-20/h3-16,22H,17-18H2,1-2H3/t22-/m0/s1. The smallest absolute Gasteiger partial charge is 0.346 e. The highest BCUT2D eigenvalue weighted by atomic mass is 16.5. The molecule has 0 fully saturated rings. The fourth-order valence-corrected chi connectivity index (χ4v) is 4.29. The normalized spacial score (nSPS) is 14.9. The molecule has 33 heavy (non-hydrogen) atoms. The molecule has 0 N–H and O–H groups in total. The number of aliphatic imine (C=N–C) groups is 1. The molecule has 0 spiro atoms. The number of rotatable bonds is 6. The van der Waals surface area contributed by atoms with Crippen LogP contribution in [-0.2, 0) is 19.1 Å². The summed E-state index contributed by atoms with van der Waals surface area (Å²) in [6.45, 7) is 0.332. The second kappa shape index (κ2) is 9.69. The number of nitrogens with zero attached hydrogens (tertiary/aromatic N) is 1. The van der Waals surface area contributed by atoms with Crippen LogP contribution in [0.2, 0.25) is 0 Å². The zero-order valence-electron chi connectivity index (χ0n) is 18.6. The number of hydrogen-bond acceptors (Lipinski definition) is 6. The minimum absolute atomic E-state index is 0.332. The summed E-state index contributed by atoms with van der Waals surface area (Å²) in [7, 11) is 2.51. The summed E-state index contributed by atoms with van der Waals surface area (Å²) < 4.78 is 16.2. The summed E-state index contributed by atoms with van der Waals surface area (Å²) in [5.41, 5.74) is 0.784. The summed E-state index contributed by atoms with van der Waals surface area (Å²) in [6, 6.07) is 26.3. The Morgan fingerprint density at radius 2 is 1.33 bits per heavy atom. The average Bonchev–Trinajstić information content (AvgIpc) is 2.89. The minimum atomic E-state index is -1.95. The monoisotopic (exact) mass is 443 g/mol. The largest absolute Gasteiger partial charge is 0.493 e. The van der Waals surface area contributed by atoms with Crippen LogP contribution in [0.15, 0.2) is 89.9 Å². The van der Waals surface area contributed by atoms with E-state index in [9.17, 15) is 9.59 Å². The van der Waals surface area contributed by atoms with Gasteiger partial charge < -0.3 is 14.2 Å². The zero-order valence-corrected chi connectivity index (χ0v) is 18.6. The van der Waals surface area contributed by atoms with Gasteiger partial charge >= 0.3 is 11.9 Å². The predicted octanol–water partition coefficient (Wildman–Crippen LogP) is 4.18. The molecule has 3 aromatic carbocycles. The third kappa shape index (κ3) is 4.12. The molecule has 1 atom stereocenters. The lowest BCUT2D eigenvalue weighted by molar-refractivity contribution is -0.162. The number of hydrogen-bond donors (Lipinski definition) is 0. The van der Waals surface area contributed by atoms with Gasteiger partial charge in [0.1, 0.15) is 5.75 Å². The summed E-state index contributed by atoms with van der Waals surface area (Å²) >= 11 is 0. The van der Waals surface area contributed by atoms with E-state index in [4.69, 9.17) is 19.2 Å². The molecular weight excluding hydrogens is 418 g/mol. The lowest BCUT2D eigenvalue weighted by Gasteiger charge is -2.36. The van der Waals surface area contributed by atoms with Gasteiger partial charge in [-0.05, 0) is 12.5 Å². The van der Waals surface area contributed by atoms with Gasteiger partial charge in [0, 0.05) is 22.6 Å². The van der Waals surface area contributed by atoms with Crippen LogP contribution in [-0.4, -0.2) is 44.0 Å². The maximum absolute atomic E-state index is 13.5. The van der Waals surface area contributed by atoms with Crippen molar-refractivity contribution >= 4 is 17.7 Å². The Kier molecular flexibility index (Phi) is 6.54. The summed E-state index contributed by atoms with van der Waals surface area (Å²) in [6.07, 6.45) is 0.390. The molecule has 3 aromatic rings. The van der Waals surface area contributed by atoms with E-state index in [1.807, 2.05) is 84.9 Å². The number of fused-ring (bicyclic) bond motifs is 1. The van der Waals surface area contributed by atoms with Gasteiger partial charge in [0.15, 0.2) is 0 Å². The Labute approximate surface area is 192 Å². The molecule has 1 heterocycles. The minimum Gasteiger partial charge on any atom is -0.493 e. The summed E-state index contributed by atoms with van der Waals surface area (Å²) in [5, 5.41) is 0. The van der Waals surface area contributed by atoms with E-state index in [1.165, 1.54) is 14.2 Å². The van der Waals surface area contributed by atoms with Crippen molar-refractivity contribution in [3.05, 3.63) is 102 Å². The molecule has 0 saturated carbocycles. The van der Waals surface area contributed by atoms with Crippen molar-refractivity contribution in [3.8, 4) is 5.75 Å². The van der Waals surface area contributed by atoms with Crippen molar-refractivity contribution in [1.29, 1.82) is 0 Å². The molecule has 0 bridgehead atoms. The first-order chi connectivity index (χ1) is 16.1. The lowest BCUT2D eigenvalue weighted by atomic mass is 9.75. The second-order valence-electron chi connectivity index (χ2n) is 7.67. The highest BCUT2D eigenvalue weighted by Crippen LogP contribution is 2.44. The summed E-state index contributed by atoms with van der Waals surface area (Å²) in [4.78, 5) is 31.9. The fraction of sp³-hybridized carbons (Fsp3) is 0.222. The molecule has 0 aliphatic carbocycles. The fourth-order valence-electron chi connectivity index (χ4n) is 4.29. The van der Waals surface area contributed by atoms with Gasteiger partial charge in [0.05, 0.1) is 26.5 Å². The Morgan fingerprint density at radius 3 is 1.88 bits per heavy atom. The first-order valence-electron chi connectivity index (χ1n) is 10.7. The number of carbonyl (C=O) groups is 2. The third-order valence-corrected chi connectivity index (χ3v) is 5.84. The van der Waals surface area contributed by atoms with Gasteiger partial charge in [-0.15, -0.1) is 0 Å². The molecule has 0 unspecified atom stereocenters. The zero-order chi connectivity index (χ0) is 23.3. The van der Waals surface area contributed by atoms with E-state index < -0.39 is 23.4 Å². The first kappa shape index (κ1) is 22.3. The molecular formula is C27H25NO5. The Balaban J connectivity index is 2.03. The number of ether oxygens (including phenoxy) is 3.